The van der Waals surface area contributed by atoms with Crippen LogP contribution in [0.3, 0.4) is 0 Å². The molecule has 1 amide bonds. The molecule has 1 atom stereocenters. The number of nitrogens with two attached hydrogens (primary N) is 1. The summed E-state index contributed by atoms with van der Waals surface area (Å²) in [5, 5.41) is 7.52. The summed E-state index contributed by atoms with van der Waals surface area (Å²) in [5.74, 6) is -1.15. The number of esters is 1. The van der Waals surface area contributed by atoms with Crippen molar-refractivity contribution in [2.24, 2.45) is 5.14 Å². The highest BCUT2D eigenvalue weighted by Gasteiger charge is 2.19. The van der Waals surface area contributed by atoms with Crippen LogP contribution in [0.25, 0.3) is 0 Å². The number of benzene rings is 2. The van der Waals surface area contributed by atoms with Crippen LogP contribution in [0.2, 0.25) is 0 Å². The van der Waals surface area contributed by atoms with Crippen molar-refractivity contribution in [3.8, 4) is 0 Å². The zero-order valence-corrected chi connectivity index (χ0v) is 13.6. The summed E-state index contributed by atoms with van der Waals surface area (Å²) in [4.78, 5) is 23.8. The molecular weight excluding hydrogens is 332 g/mol. The zero-order valence-electron chi connectivity index (χ0n) is 12.8. The second kappa shape index (κ2) is 7.24. The molecule has 2 aromatic carbocycles. The first-order chi connectivity index (χ1) is 11.3. The van der Waals surface area contributed by atoms with Crippen molar-refractivity contribution < 1.29 is 22.7 Å². The van der Waals surface area contributed by atoms with Gasteiger partial charge in [0, 0.05) is 5.69 Å². The molecule has 0 fully saturated rings. The van der Waals surface area contributed by atoms with Crippen molar-refractivity contribution >= 4 is 27.6 Å². The maximum atomic E-state index is 12.0. The largest absolute Gasteiger partial charge is 0.449 e. The van der Waals surface area contributed by atoms with Gasteiger partial charge in [-0.1, -0.05) is 18.2 Å². The SMILES string of the molecule is C[C@@H](OC(=O)c1ccccc1)C(=O)Nc1ccc(S(N)(=O)=O)cc1. The summed E-state index contributed by atoms with van der Waals surface area (Å²) >= 11 is 0. The fraction of sp³-hybridized carbons (Fsp3) is 0.125. The Morgan fingerprint density at radius 3 is 2.17 bits per heavy atom. The van der Waals surface area contributed by atoms with Crippen molar-refractivity contribution in [3.63, 3.8) is 0 Å². The number of hydrogen-bond acceptors (Lipinski definition) is 5. The topological polar surface area (TPSA) is 116 Å². The molecule has 3 N–H and O–H groups in total. The fourth-order valence-electron chi connectivity index (χ4n) is 1.83. The zero-order chi connectivity index (χ0) is 17.7. The van der Waals surface area contributed by atoms with Crippen LogP contribution in [0.15, 0.2) is 59.5 Å². The molecule has 0 aliphatic rings. The van der Waals surface area contributed by atoms with Crippen molar-refractivity contribution in [1.29, 1.82) is 0 Å². The highest BCUT2D eigenvalue weighted by Crippen LogP contribution is 2.13. The molecule has 126 valence electrons. The number of carbonyl (C=O) groups excluding carboxylic acids is 2. The molecule has 0 aromatic heterocycles. The van der Waals surface area contributed by atoms with E-state index in [4.69, 9.17) is 9.88 Å². The number of rotatable bonds is 5. The number of hydrogen-bond donors (Lipinski definition) is 2. The maximum Gasteiger partial charge on any atom is 0.338 e. The number of carbonyl (C=O) groups is 2. The van der Waals surface area contributed by atoms with Gasteiger partial charge in [0.1, 0.15) is 0 Å². The molecular formula is C16H16N2O5S. The summed E-state index contributed by atoms with van der Waals surface area (Å²) in [6.45, 7) is 1.44. The molecule has 2 rings (SSSR count). The molecule has 0 radical (unpaired) electrons. The van der Waals surface area contributed by atoms with Gasteiger partial charge in [-0.15, -0.1) is 0 Å². The monoisotopic (exact) mass is 348 g/mol. The van der Waals surface area contributed by atoms with E-state index >= 15 is 0 Å². The second-order valence-electron chi connectivity index (χ2n) is 4.97. The van der Waals surface area contributed by atoms with E-state index in [1.807, 2.05) is 0 Å². The first kappa shape index (κ1) is 17.6. The lowest BCUT2D eigenvalue weighted by atomic mass is 10.2. The van der Waals surface area contributed by atoms with Crippen LogP contribution in [-0.2, 0) is 19.6 Å². The third-order valence-corrected chi connectivity index (χ3v) is 4.04. The number of nitrogens with one attached hydrogen (secondary N) is 1. The minimum absolute atomic E-state index is 0.0657. The third-order valence-electron chi connectivity index (χ3n) is 3.11. The Kier molecular flexibility index (Phi) is 5.32. The van der Waals surface area contributed by atoms with Gasteiger partial charge in [0.2, 0.25) is 10.0 Å². The minimum Gasteiger partial charge on any atom is -0.449 e. The molecule has 7 nitrogen and oxygen atoms in total. The summed E-state index contributed by atoms with van der Waals surface area (Å²) in [6, 6.07) is 13.6. The van der Waals surface area contributed by atoms with Gasteiger partial charge < -0.3 is 10.1 Å². The molecule has 8 heteroatoms. The number of anilines is 1. The van der Waals surface area contributed by atoms with Gasteiger partial charge in [0.15, 0.2) is 6.10 Å². The Morgan fingerprint density at radius 1 is 1.04 bits per heavy atom. The molecule has 0 heterocycles. The first-order valence-electron chi connectivity index (χ1n) is 6.97. The molecule has 0 saturated heterocycles. The summed E-state index contributed by atoms with van der Waals surface area (Å²) in [6.07, 6.45) is -1.02. The normalized spacial score (nSPS) is 12.2. The van der Waals surface area contributed by atoms with Crippen LogP contribution in [0, 0.1) is 0 Å². The van der Waals surface area contributed by atoms with E-state index < -0.39 is 28.0 Å². The van der Waals surface area contributed by atoms with Crippen LogP contribution in [0.1, 0.15) is 17.3 Å². The van der Waals surface area contributed by atoms with E-state index in [0.717, 1.165) is 0 Å². The Morgan fingerprint density at radius 2 is 1.62 bits per heavy atom. The Bertz CT molecular complexity index is 833. The minimum atomic E-state index is -3.79. The number of primary sulfonamides is 1. The third kappa shape index (κ3) is 4.64. The Hall–Kier alpha value is -2.71. The molecule has 2 aromatic rings. The number of amides is 1. The predicted octanol–water partition coefficient (Wildman–Crippen LogP) is 1.52. The van der Waals surface area contributed by atoms with Crippen molar-refractivity contribution in [1.82, 2.24) is 0 Å². The molecule has 0 aliphatic carbocycles. The van der Waals surface area contributed by atoms with Gasteiger partial charge in [-0.3, -0.25) is 4.79 Å². The van der Waals surface area contributed by atoms with Crippen LogP contribution in [-0.4, -0.2) is 26.4 Å². The second-order valence-corrected chi connectivity index (χ2v) is 6.53. The number of ether oxygens (including phenoxy) is 1. The lowest BCUT2D eigenvalue weighted by Gasteiger charge is -2.13. The lowest BCUT2D eigenvalue weighted by Crippen LogP contribution is -2.30. The molecule has 0 saturated carbocycles. The summed E-state index contributed by atoms with van der Waals surface area (Å²) in [5.41, 5.74) is 0.699. The van der Waals surface area contributed by atoms with Crippen molar-refractivity contribution in [2.45, 2.75) is 17.9 Å². The van der Waals surface area contributed by atoms with E-state index in [9.17, 15) is 18.0 Å². The van der Waals surface area contributed by atoms with Gasteiger partial charge in [-0.25, -0.2) is 18.4 Å². The van der Waals surface area contributed by atoms with Crippen LogP contribution >= 0.6 is 0 Å². The average Bonchev–Trinajstić information content (AvgIpc) is 2.55. The van der Waals surface area contributed by atoms with E-state index in [-0.39, 0.29) is 4.90 Å². The highest BCUT2D eigenvalue weighted by atomic mass is 32.2. The van der Waals surface area contributed by atoms with Crippen LogP contribution < -0.4 is 10.5 Å². The van der Waals surface area contributed by atoms with Crippen molar-refractivity contribution in [2.75, 3.05) is 5.32 Å². The summed E-state index contributed by atoms with van der Waals surface area (Å²) in [7, 11) is -3.79. The lowest BCUT2D eigenvalue weighted by molar-refractivity contribution is -0.123. The standard InChI is InChI=1S/C16H16N2O5S/c1-11(23-16(20)12-5-3-2-4-6-12)15(19)18-13-7-9-14(10-8-13)24(17,21)22/h2-11H,1H3,(H,18,19)(H2,17,21,22)/t11-/m1/s1. The van der Waals surface area contributed by atoms with Crippen molar-refractivity contribution in [3.05, 3.63) is 60.2 Å². The molecule has 0 unspecified atom stereocenters. The molecule has 0 bridgehead atoms. The Balaban J connectivity index is 1.98. The van der Waals surface area contributed by atoms with E-state index in [0.29, 0.717) is 11.3 Å². The predicted molar refractivity (Wildman–Crippen MR) is 87.8 cm³/mol. The van der Waals surface area contributed by atoms with E-state index in [2.05, 4.69) is 5.32 Å². The van der Waals surface area contributed by atoms with Gasteiger partial charge >= 0.3 is 5.97 Å². The van der Waals surface area contributed by atoms with Crippen LogP contribution in [0.4, 0.5) is 5.69 Å². The molecule has 0 spiro atoms. The smallest absolute Gasteiger partial charge is 0.338 e. The maximum absolute atomic E-state index is 12.0. The van der Waals surface area contributed by atoms with Gasteiger partial charge in [0.05, 0.1) is 10.5 Å². The van der Waals surface area contributed by atoms with Gasteiger partial charge in [-0.2, -0.15) is 0 Å². The van der Waals surface area contributed by atoms with E-state index in [1.54, 1.807) is 30.3 Å². The highest BCUT2D eigenvalue weighted by molar-refractivity contribution is 7.89. The van der Waals surface area contributed by atoms with E-state index in [1.165, 1.54) is 31.2 Å². The Labute approximate surface area is 139 Å². The van der Waals surface area contributed by atoms with Gasteiger partial charge in [0.25, 0.3) is 5.91 Å². The van der Waals surface area contributed by atoms with Crippen LogP contribution in [0.5, 0.6) is 0 Å². The molecule has 0 aliphatic heterocycles. The van der Waals surface area contributed by atoms with Gasteiger partial charge in [-0.05, 0) is 43.3 Å². The summed E-state index contributed by atoms with van der Waals surface area (Å²) < 4.78 is 27.4. The molecule has 24 heavy (non-hydrogen) atoms. The first-order valence-corrected chi connectivity index (χ1v) is 8.52. The quantitative estimate of drug-likeness (QED) is 0.795. The average molecular weight is 348 g/mol. The number of sulfonamides is 1. The fourth-order valence-corrected chi connectivity index (χ4v) is 2.34.